The first-order chi connectivity index (χ1) is 4.33. The van der Waals surface area contributed by atoms with E-state index in [9.17, 15) is 4.79 Å². The lowest BCUT2D eigenvalue weighted by Crippen LogP contribution is -2.14. The van der Waals surface area contributed by atoms with Crippen molar-refractivity contribution >= 4 is 21.7 Å². The van der Waals surface area contributed by atoms with Crippen LogP contribution in [0.4, 0.5) is 0 Å². The molecule has 52 valence electrons. The van der Waals surface area contributed by atoms with Crippen LogP contribution in [-0.4, -0.2) is 11.1 Å². The number of hydrogen-bond acceptors (Lipinski definition) is 1. The molecular formula is C7H11BrO. The van der Waals surface area contributed by atoms with E-state index in [4.69, 9.17) is 0 Å². The summed E-state index contributed by atoms with van der Waals surface area (Å²) in [5, 5.41) is 1.07. The Morgan fingerprint density at radius 2 is 2.00 bits per heavy atom. The van der Waals surface area contributed by atoms with E-state index in [2.05, 4.69) is 15.9 Å². The predicted molar refractivity (Wildman–Crippen MR) is 40.8 cm³/mol. The summed E-state index contributed by atoms with van der Waals surface area (Å²) in [4.78, 5) is 10.7. The topological polar surface area (TPSA) is 17.1 Å². The first-order valence-corrected chi connectivity index (χ1v) is 4.52. The Bertz CT molecular complexity index is 101. The molecule has 0 heterocycles. The normalized spacial score (nSPS) is 22.6. The number of carbonyl (C=O) groups excluding carboxylic acids is 1. The summed E-state index contributed by atoms with van der Waals surface area (Å²) < 4.78 is 0. The molecule has 0 aromatic heterocycles. The van der Waals surface area contributed by atoms with Crippen molar-refractivity contribution in [1.82, 2.24) is 0 Å². The Kier molecular flexibility index (Phi) is 2.70. The van der Waals surface area contributed by atoms with Crippen LogP contribution in [0.5, 0.6) is 0 Å². The molecule has 0 aliphatic heterocycles. The van der Waals surface area contributed by atoms with Crippen molar-refractivity contribution in [3.05, 3.63) is 0 Å². The Morgan fingerprint density at radius 3 is 2.44 bits per heavy atom. The van der Waals surface area contributed by atoms with Gasteiger partial charge in [-0.3, -0.25) is 4.79 Å². The van der Waals surface area contributed by atoms with E-state index in [1.54, 1.807) is 0 Å². The number of carbonyl (C=O) groups is 1. The smallest absolute Gasteiger partial charge is 0.132 e. The number of hydrogen-bond donors (Lipinski definition) is 0. The number of rotatable bonds is 1. The largest absolute Gasteiger partial charge is 0.300 e. The standard InChI is InChI=1S/C7H11BrO/c8-5-6-1-3-7(9)4-2-6/h6H,1-5H2. The van der Waals surface area contributed by atoms with Gasteiger partial charge in [0.05, 0.1) is 0 Å². The molecular weight excluding hydrogens is 180 g/mol. The summed E-state index contributed by atoms with van der Waals surface area (Å²) in [6.07, 6.45) is 3.83. The lowest BCUT2D eigenvalue weighted by molar-refractivity contribution is -0.120. The minimum atomic E-state index is 0.451. The van der Waals surface area contributed by atoms with E-state index in [-0.39, 0.29) is 0 Å². The predicted octanol–water partition coefficient (Wildman–Crippen LogP) is 2.14. The first kappa shape index (κ1) is 7.26. The van der Waals surface area contributed by atoms with Gasteiger partial charge in [0.2, 0.25) is 0 Å². The quantitative estimate of drug-likeness (QED) is 0.580. The van der Waals surface area contributed by atoms with Gasteiger partial charge in [0.1, 0.15) is 5.78 Å². The molecule has 0 radical (unpaired) electrons. The molecule has 0 amide bonds. The summed E-state index contributed by atoms with van der Waals surface area (Å²) >= 11 is 3.42. The van der Waals surface area contributed by atoms with Crippen LogP contribution in [0.2, 0.25) is 0 Å². The minimum absolute atomic E-state index is 0.451. The van der Waals surface area contributed by atoms with Crippen molar-refractivity contribution < 1.29 is 4.79 Å². The molecule has 1 aliphatic rings. The fourth-order valence-electron chi connectivity index (χ4n) is 1.15. The Hall–Kier alpha value is 0.150. The van der Waals surface area contributed by atoms with E-state index >= 15 is 0 Å². The highest BCUT2D eigenvalue weighted by atomic mass is 79.9. The van der Waals surface area contributed by atoms with E-state index in [1.807, 2.05) is 0 Å². The summed E-state index contributed by atoms with van der Waals surface area (Å²) in [7, 11) is 0. The van der Waals surface area contributed by atoms with Crippen LogP contribution in [0.1, 0.15) is 25.7 Å². The molecule has 9 heavy (non-hydrogen) atoms. The number of ketones is 1. The molecule has 0 N–H and O–H groups in total. The Labute approximate surface area is 64.0 Å². The maximum atomic E-state index is 10.7. The molecule has 0 atom stereocenters. The highest BCUT2D eigenvalue weighted by Crippen LogP contribution is 2.22. The molecule has 1 nitrogen and oxygen atoms in total. The second-order valence-electron chi connectivity index (χ2n) is 2.64. The maximum Gasteiger partial charge on any atom is 0.132 e. The van der Waals surface area contributed by atoms with Gasteiger partial charge in [-0.05, 0) is 18.8 Å². The molecule has 0 bridgehead atoms. The minimum Gasteiger partial charge on any atom is -0.300 e. The van der Waals surface area contributed by atoms with Gasteiger partial charge in [-0.25, -0.2) is 0 Å². The van der Waals surface area contributed by atoms with Crippen molar-refractivity contribution in [2.45, 2.75) is 25.7 Å². The van der Waals surface area contributed by atoms with E-state index < -0.39 is 0 Å². The zero-order valence-corrected chi connectivity index (χ0v) is 6.99. The van der Waals surface area contributed by atoms with Crippen molar-refractivity contribution in [2.75, 3.05) is 5.33 Å². The third-order valence-electron chi connectivity index (χ3n) is 1.88. The summed E-state index contributed by atoms with van der Waals surface area (Å²) in [6.45, 7) is 0. The fraction of sp³-hybridized carbons (Fsp3) is 0.857. The maximum absolute atomic E-state index is 10.7. The second-order valence-corrected chi connectivity index (χ2v) is 3.28. The summed E-state index contributed by atoms with van der Waals surface area (Å²) in [5.41, 5.74) is 0. The summed E-state index contributed by atoms with van der Waals surface area (Å²) in [6, 6.07) is 0. The highest BCUT2D eigenvalue weighted by Gasteiger charge is 2.16. The molecule has 1 aliphatic carbocycles. The molecule has 1 fully saturated rings. The van der Waals surface area contributed by atoms with E-state index in [1.165, 1.54) is 0 Å². The van der Waals surface area contributed by atoms with Crippen LogP contribution >= 0.6 is 15.9 Å². The molecule has 0 aromatic rings. The Balaban J connectivity index is 2.26. The average Bonchev–Trinajstić information content (AvgIpc) is 1.90. The van der Waals surface area contributed by atoms with Crippen molar-refractivity contribution in [3.63, 3.8) is 0 Å². The molecule has 0 spiro atoms. The van der Waals surface area contributed by atoms with Gasteiger partial charge in [-0.15, -0.1) is 0 Å². The van der Waals surface area contributed by atoms with Crippen LogP contribution < -0.4 is 0 Å². The average molecular weight is 191 g/mol. The van der Waals surface area contributed by atoms with Gasteiger partial charge >= 0.3 is 0 Å². The van der Waals surface area contributed by atoms with Gasteiger partial charge < -0.3 is 0 Å². The monoisotopic (exact) mass is 190 g/mol. The third-order valence-corrected chi connectivity index (χ3v) is 2.80. The van der Waals surface area contributed by atoms with Gasteiger partial charge in [0.25, 0.3) is 0 Å². The molecule has 1 saturated carbocycles. The van der Waals surface area contributed by atoms with Gasteiger partial charge in [-0.2, -0.15) is 0 Å². The van der Waals surface area contributed by atoms with Gasteiger partial charge in [0.15, 0.2) is 0 Å². The van der Waals surface area contributed by atoms with Crippen molar-refractivity contribution in [1.29, 1.82) is 0 Å². The van der Waals surface area contributed by atoms with Crippen molar-refractivity contribution in [2.24, 2.45) is 5.92 Å². The zero-order valence-electron chi connectivity index (χ0n) is 5.40. The molecule has 1 rings (SSSR count). The second kappa shape index (κ2) is 3.35. The molecule has 0 saturated heterocycles. The molecule has 0 unspecified atom stereocenters. The SMILES string of the molecule is O=C1CCC(CBr)CC1. The number of Topliss-reactive ketones (excluding diaryl/α,β-unsaturated/α-hetero) is 1. The van der Waals surface area contributed by atoms with Crippen LogP contribution in [0.15, 0.2) is 0 Å². The summed E-state index contributed by atoms with van der Waals surface area (Å²) in [5.74, 6) is 1.22. The lowest BCUT2D eigenvalue weighted by Gasteiger charge is -2.17. The fourth-order valence-corrected chi connectivity index (χ4v) is 1.80. The lowest BCUT2D eigenvalue weighted by atomic mass is 9.90. The van der Waals surface area contributed by atoms with Gasteiger partial charge in [0, 0.05) is 18.2 Å². The zero-order chi connectivity index (χ0) is 6.69. The van der Waals surface area contributed by atoms with E-state index in [0.717, 1.165) is 36.9 Å². The van der Waals surface area contributed by atoms with Crippen LogP contribution in [0.25, 0.3) is 0 Å². The first-order valence-electron chi connectivity index (χ1n) is 3.40. The Morgan fingerprint density at radius 1 is 1.44 bits per heavy atom. The van der Waals surface area contributed by atoms with Gasteiger partial charge in [-0.1, -0.05) is 15.9 Å². The van der Waals surface area contributed by atoms with Crippen LogP contribution in [0, 0.1) is 5.92 Å². The third kappa shape index (κ3) is 2.09. The molecule has 0 aromatic carbocycles. The molecule has 2 heteroatoms. The highest BCUT2D eigenvalue weighted by molar-refractivity contribution is 9.09. The van der Waals surface area contributed by atoms with Crippen molar-refractivity contribution in [3.8, 4) is 0 Å². The number of halogens is 1. The van der Waals surface area contributed by atoms with Crippen LogP contribution in [-0.2, 0) is 4.79 Å². The van der Waals surface area contributed by atoms with E-state index in [0.29, 0.717) is 5.78 Å². The van der Waals surface area contributed by atoms with Crippen LogP contribution in [0.3, 0.4) is 0 Å². The number of alkyl halides is 1.